The Balaban J connectivity index is 2.35. The van der Waals surface area contributed by atoms with Crippen LogP contribution >= 0.6 is 0 Å². The van der Waals surface area contributed by atoms with Gasteiger partial charge in [0.2, 0.25) is 0 Å². The van der Waals surface area contributed by atoms with Gasteiger partial charge in [0.05, 0.1) is 12.2 Å². The molecule has 0 N–H and O–H groups in total. The summed E-state index contributed by atoms with van der Waals surface area (Å²) in [6.07, 6.45) is 6.45. The first-order chi connectivity index (χ1) is 6.20. The van der Waals surface area contributed by atoms with Crippen LogP contribution in [-0.2, 0) is 4.74 Å². The molecule has 1 aliphatic rings. The van der Waals surface area contributed by atoms with Gasteiger partial charge in [-0.05, 0) is 25.2 Å². The zero-order chi connectivity index (χ0) is 9.84. The molecular weight excluding hydrogens is 160 g/mol. The Morgan fingerprint density at radius 3 is 2.31 bits per heavy atom. The molecule has 1 aliphatic heterocycles. The standard InChI is InChI=1S/C12H24O/c1-5-7-8-11(9(3)6-2)12-10(4)13-12/h9-12H,5-8H2,1-4H3. The fraction of sp³-hybridized carbons (Fsp3) is 1.00. The van der Waals surface area contributed by atoms with E-state index in [2.05, 4.69) is 27.7 Å². The Kier molecular flexibility index (Phi) is 4.24. The molecule has 1 saturated heterocycles. The van der Waals surface area contributed by atoms with Crippen molar-refractivity contribution in [3.05, 3.63) is 0 Å². The number of ether oxygens (including phenoxy) is 1. The second-order valence-electron chi connectivity index (χ2n) is 4.50. The van der Waals surface area contributed by atoms with E-state index in [1.165, 1.54) is 25.7 Å². The SMILES string of the molecule is CCCCC(C(C)CC)C1OC1C. The maximum Gasteiger partial charge on any atom is 0.0869 e. The summed E-state index contributed by atoms with van der Waals surface area (Å²) in [5.74, 6) is 1.65. The summed E-state index contributed by atoms with van der Waals surface area (Å²) < 4.78 is 5.60. The van der Waals surface area contributed by atoms with Gasteiger partial charge in [0.25, 0.3) is 0 Å². The molecule has 0 bridgehead atoms. The quantitative estimate of drug-likeness (QED) is 0.574. The van der Waals surface area contributed by atoms with Crippen molar-refractivity contribution >= 4 is 0 Å². The molecule has 78 valence electrons. The highest BCUT2D eigenvalue weighted by Crippen LogP contribution is 2.37. The third-order valence-electron chi connectivity index (χ3n) is 3.45. The first-order valence-corrected chi connectivity index (χ1v) is 5.86. The van der Waals surface area contributed by atoms with Crippen molar-refractivity contribution < 1.29 is 4.74 Å². The Labute approximate surface area is 82.9 Å². The third kappa shape index (κ3) is 2.98. The largest absolute Gasteiger partial charge is 0.370 e. The van der Waals surface area contributed by atoms with Gasteiger partial charge in [-0.15, -0.1) is 0 Å². The fourth-order valence-electron chi connectivity index (χ4n) is 2.17. The minimum Gasteiger partial charge on any atom is -0.370 e. The third-order valence-corrected chi connectivity index (χ3v) is 3.45. The summed E-state index contributed by atoms with van der Waals surface area (Å²) in [5.41, 5.74) is 0. The molecule has 1 nitrogen and oxygen atoms in total. The second-order valence-corrected chi connectivity index (χ2v) is 4.50. The molecular formula is C12H24O. The van der Waals surface area contributed by atoms with Gasteiger partial charge in [0.15, 0.2) is 0 Å². The lowest BCUT2D eigenvalue weighted by atomic mass is 9.84. The van der Waals surface area contributed by atoms with Crippen molar-refractivity contribution in [1.82, 2.24) is 0 Å². The van der Waals surface area contributed by atoms with Gasteiger partial charge in [-0.25, -0.2) is 0 Å². The van der Waals surface area contributed by atoms with Gasteiger partial charge in [-0.3, -0.25) is 0 Å². The van der Waals surface area contributed by atoms with E-state index < -0.39 is 0 Å². The van der Waals surface area contributed by atoms with Crippen LogP contribution in [0.25, 0.3) is 0 Å². The van der Waals surface area contributed by atoms with Crippen molar-refractivity contribution in [3.8, 4) is 0 Å². The minimum absolute atomic E-state index is 0.538. The lowest BCUT2D eigenvalue weighted by Gasteiger charge is -2.20. The molecule has 13 heavy (non-hydrogen) atoms. The molecule has 1 heteroatoms. The molecule has 1 rings (SSSR count). The van der Waals surface area contributed by atoms with Crippen molar-refractivity contribution in [2.75, 3.05) is 0 Å². The average molecular weight is 184 g/mol. The zero-order valence-electron chi connectivity index (χ0n) is 9.55. The van der Waals surface area contributed by atoms with E-state index >= 15 is 0 Å². The van der Waals surface area contributed by atoms with Crippen LogP contribution in [-0.4, -0.2) is 12.2 Å². The van der Waals surface area contributed by atoms with E-state index in [0.29, 0.717) is 12.2 Å². The molecule has 0 spiro atoms. The Morgan fingerprint density at radius 2 is 1.92 bits per heavy atom. The number of rotatable bonds is 6. The summed E-state index contributed by atoms with van der Waals surface area (Å²) in [4.78, 5) is 0. The Morgan fingerprint density at radius 1 is 1.31 bits per heavy atom. The van der Waals surface area contributed by atoms with E-state index in [1.807, 2.05) is 0 Å². The average Bonchev–Trinajstić information content (AvgIpc) is 2.83. The van der Waals surface area contributed by atoms with E-state index in [0.717, 1.165) is 11.8 Å². The zero-order valence-corrected chi connectivity index (χ0v) is 9.55. The van der Waals surface area contributed by atoms with E-state index in [1.54, 1.807) is 0 Å². The van der Waals surface area contributed by atoms with Crippen molar-refractivity contribution in [2.45, 2.75) is 65.6 Å². The molecule has 0 aliphatic carbocycles. The predicted octanol–water partition coefficient (Wildman–Crippen LogP) is 3.63. The maximum absolute atomic E-state index is 5.60. The van der Waals surface area contributed by atoms with Gasteiger partial charge in [0, 0.05) is 0 Å². The van der Waals surface area contributed by atoms with Gasteiger partial charge >= 0.3 is 0 Å². The summed E-state index contributed by atoms with van der Waals surface area (Å²) in [6.45, 7) is 9.13. The highest BCUT2D eigenvalue weighted by Gasteiger charge is 2.42. The molecule has 1 fully saturated rings. The summed E-state index contributed by atoms with van der Waals surface area (Å²) >= 11 is 0. The number of unbranched alkanes of at least 4 members (excludes halogenated alkanes) is 1. The van der Waals surface area contributed by atoms with Gasteiger partial charge in [-0.2, -0.15) is 0 Å². The molecule has 0 aromatic heterocycles. The number of epoxide rings is 1. The van der Waals surface area contributed by atoms with Crippen LogP contribution in [0, 0.1) is 11.8 Å². The van der Waals surface area contributed by atoms with Crippen LogP contribution in [0.2, 0.25) is 0 Å². The number of hydrogen-bond donors (Lipinski definition) is 0. The lowest BCUT2D eigenvalue weighted by molar-refractivity contribution is 0.236. The maximum atomic E-state index is 5.60. The molecule has 0 aromatic carbocycles. The summed E-state index contributed by atoms with van der Waals surface area (Å²) in [7, 11) is 0. The number of hydrogen-bond acceptors (Lipinski definition) is 1. The molecule has 0 amide bonds. The predicted molar refractivity (Wildman–Crippen MR) is 56.8 cm³/mol. The van der Waals surface area contributed by atoms with Gasteiger partial charge in [0.1, 0.15) is 0 Å². The van der Waals surface area contributed by atoms with E-state index in [-0.39, 0.29) is 0 Å². The summed E-state index contributed by atoms with van der Waals surface area (Å²) in [5, 5.41) is 0. The van der Waals surface area contributed by atoms with Gasteiger partial charge < -0.3 is 4.74 Å². The first kappa shape index (κ1) is 11.0. The van der Waals surface area contributed by atoms with Gasteiger partial charge in [-0.1, -0.05) is 40.0 Å². The van der Waals surface area contributed by atoms with Crippen molar-refractivity contribution in [2.24, 2.45) is 11.8 Å². The Bertz CT molecular complexity index is 140. The molecule has 1 heterocycles. The topological polar surface area (TPSA) is 12.5 Å². The molecule has 4 unspecified atom stereocenters. The second kappa shape index (κ2) is 4.99. The monoisotopic (exact) mass is 184 g/mol. The highest BCUT2D eigenvalue weighted by atomic mass is 16.6. The van der Waals surface area contributed by atoms with E-state index in [9.17, 15) is 0 Å². The molecule has 0 aromatic rings. The normalized spacial score (nSPS) is 31.4. The van der Waals surface area contributed by atoms with Crippen LogP contribution < -0.4 is 0 Å². The highest BCUT2D eigenvalue weighted by molar-refractivity contribution is 4.89. The molecule has 0 saturated carbocycles. The smallest absolute Gasteiger partial charge is 0.0869 e. The lowest BCUT2D eigenvalue weighted by Crippen LogP contribution is -2.18. The van der Waals surface area contributed by atoms with Crippen LogP contribution in [0.3, 0.4) is 0 Å². The first-order valence-electron chi connectivity index (χ1n) is 5.86. The van der Waals surface area contributed by atoms with Crippen molar-refractivity contribution in [3.63, 3.8) is 0 Å². The Hall–Kier alpha value is -0.0400. The van der Waals surface area contributed by atoms with Crippen molar-refractivity contribution in [1.29, 1.82) is 0 Å². The van der Waals surface area contributed by atoms with Crippen LogP contribution in [0.5, 0.6) is 0 Å². The van der Waals surface area contributed by atoms with Crippen LogP contribution in [0.15, 0.2) is 0 Å². The summed E-state index contributed by atoms with van der Waals surface area (Å²) in [6, 6.07) is 0. The van der Waals surface area contributed by atoms with E-state index in [4.69, 9.17) is 4.74 Å². The van der Waals surface area contributed by atoms with Crippen LogP contribution in [0.4, 0.5) is 0 Å². The molecule has 4 atom stereocenters. The molecule has 0 radical (unpaired) electrons. The van der Waals surface area contributed by atoms with Crippen LogP contribution in [0.1, 0.15) is 53.4 Å². The fourth-order valence-corrected chi connectivity index (χ4v) is 2.17. The minimum atomic E-state index is 0.538.